The van der Waals surface area contributed by atoms with Crippen molar-refractivity contribution in [3.63, 3.8) is 0 Å². The number of aromatic nitrogens is 1. The molecule has 41 heavy (non-hydrogen) atoms. The summed E-state index contributed by atoms with van der Waals surface area (Å²) in [4.78, 5) is 40.8. The number of carbonyl (C=O) groups is 2. The Hall–Kier alpha value is -2.87. The number of hydrogen-bond donors (Lipinski definition) is 1. The molecule has 0 bridgehead atoms. The summed E-state index contributed by atoms with van der Waals surface area (Å²) in [6.07, 6.45) is 5.34. The Bertz CT molecular complexity index is 1390. The van der Waals surface area contributed by atoms with Crippen molar-refractivity contribution in [1.29, 1.82) is 0 Å². The van der Waals surface area contributed by atoms with Gasteiger partial charge in [0.15, 0.2) is 20.7 Å². The number of thiazole rings is 1. The van der Waals surface area contributed by atoms with E-state index in [2.05, 4.69) is 20.4 Å². The number of methoxy groups -OCH3 is 1. The monoisotopic (exact) mass is 603 g/mol. The molecule has 1 aromatic carbocycles. The number of oxime groups is 1. The number of nitrogens with one attached hydrogen (secondary N) is 1. The first-order valence-corrected chi connectivity index (χ1v) is 16.4. The second-order valence-electron chi connectivity index (χ2n) is 11.0. The molecule has 2 aromatic rings. The number of piperazine rings is 1. The first-order valence-electron chi connectivity index (χ1n) is 14.0. The number of anilines is 1. The fraction of sp³-hybridized carbons (Fsp3) is 0.571. The van der Waals surface area contributed by atoms with Gasteiger partial charge in [-0.05, 0) is 44.7 Å². The quantitative estimate of drug-likeness (QED) is 0.324. The molecule has 2 aliphatic carbocycles. The SMILES string of the molecule is CO[C@@H]1CC[C@@H](O/N=C(/C(=O)Nc2ncc(CN3CCN(C(C)=O)[C@@H](C)C3)s2)c2ccc(S(=O)(=O)C3CC3)cc2)C1. The third-order valence-corrected chi connectivity index (χ3v) is 11.0. The fourth-order valence-corrected chi connectivity index (χ4v) is 7.90. The second kappa shape index (κ2) is 12.6. The minimum absolute atomic E-state index is 0.0483. The van der Waals surface area contributed by atoms with Gasteiger partial charge in [-0.25, -0.2) is 13.4 Å². The number of sulfone groups is 1. The molecule has 3 fully saturated rings. The van der Waals surface area contributed by atoms with E-state index in [9.17, 15) is 18.0 Å². The van der Waals surface area contributed by atoms with Gasteiger partial charge in [0.1, 0.15) is 6.10 Å². The van der Waals surface area contributed by atoms with E-state index in [1.165, 1.54) is 23.5 Å². The van der Waals surface area contributed by atoms with Gasteiger partial charge < -0.3 is 14.5 Å². The summed E-state index contributed by atoms with van der Waals surface area (Å²) in [7, 11) is -1.68. The van der Waals surface area contributed by atoms with E-state index in [0.29, 0.717) is 43.0 Å². The number of hydrogen-bond acceptors (Lipinski definition) is 10. The smallest absolute Gasteiger partial charge is 0.280 e. The molecule has 1 N–H and O–H groups in total. The van der Waals surface area contributed by atoms with Crippen LogP contribution in [0.1, 0.15) is 56.4 Å². The van der Waals surface area contributed by atoms with E-state index < -0.39 is 15.7 Å². The summed E-state index contributed by atoms with van der Waals surface area (Å²) in [6.45, 7) is 6.55. The van der Waals surface area contributed by atoms with Crippen LogP contribution in [0.3, 0.4) is 0 Å². The topological polar surface area (TPSA) is 130 Å². The van der Waals surface area contributed by atoms with Crippen molar-refractivity contribution in [2.24, 2.45) is 5.16 Å². The minimum Gasteiger partial charge on any atom is -0.392 e. The zero-order valence-electron chi connectivity index (χ0n) is 23.6. The summed E-state index contributed by atoms with van der Waals surface area (Å²) in [5.41, 5.74) is 0.500. The Morgan fingerprint density at radius 1 is 1.12 bits per heavy atom. The van der Waals surface area contributed by atoms with E-state index in [-0.39, 0.29) is 40.0 Å². The van der Waals surface area contributed by atoms with Crippen LogP contribution in [-0.4, -0.2) is 91.0 Å². The Labute approximate surface area is 244 Å². The van der Waals surface area contributed by atoms with Crippen molar-refractivity contribution < 1.29 is 27.6 Å². The van der Waals surface area contributed by atoms with Gasteiger partial charge in [-0.15, -0.1) is 11.3 Å². The second-order valence-corrected chi connectivity index (χ2v) is 14.3. The van der Waals surface area contributed by atoms with Gasteiger partial charge in [0.2, 0.25) is 5.91 Å². The highest BCUT2D eigenvalue weighted by atomic mass is 32.2. The maximum absolute atomic E-state index is 13.4. The average molecular weight is 604 g/mol. The van der Waals surface area contributed by atoms with Crippen molar-refractivity contribution in [3.05, 3.63) is 40.9 Å². The number of carbonyl (C=O) groups excluding carboxylic acids is 2. The maximum atomic E-state index is 13.4. The largest absolute Gasteiger partial charge is 0.392 e. The van der Waals surface area contributed by atoms with Crippen LogP contribution in [0.2, 0.25) is 0 Å². The first-order chi connectivity index (χ1) is 19.6. The lowest BCUT2D eigenvalue weighted by molar-refractivity contribution is -0.133. The molecular formula is C28H37N5O6S2. The lowest BCUT2D eigenvalue weighted by atomic mass is 10.1. The van der Waals surface area contributed by atoms with Crippen molar-refractivity contribution in [1.82, 2.24) is 14.8 Å². The number of nitrogens with zero attached hydrogens (tertiary/aromatic N) is 4. The van der Waals surface area contributed by atoms with Crippen LogP contribution in [0, 0.1) is 0 Å². The van der Waals surface area contributed by atoms with Crippen LogP contribution < -0.4 is 5.32 Å². The molecule has 3 atom stereocenters. The number of amides is 2. The molecule has 2 saturated carbocycles. The Kier molecular flexibility index (Phi) is 9.07. The van der Waals surface area contributed by atoms with E-state index in [1.54, 1.807) is 32.4 Å². The standard InChI is InChI=1S/C28H37N5O6S2/c1-18-16-32(12-13-33(18)19(2)34)17-23-15-29-28(40-23)30-27(35)26(31-39-22-7-6-21(14-22)38-3)20-4-8-24(9-5-20)41(36,37)25-10-11-25/h4-5,8-9,15,18,21-22,25H,6-7,10-14,16-17H2,1-3H3,(H,29,30,35)/b31-26+/t18-,21+,22+/m0/s1. The van der Waals surface area contributed by atoms with Gasteiger partial charge in [0.05, 0.1) is 16.2 Å². The lowest BCUT2D eigenvalue weighted by Gasteiger charge is -2.39. The Morgan fingerprint density at radius 3 is 2.49 bits per heavy atom. The summed E-state index contributed by atoms with van der Waals surface area (Å²) in [5.74, 6) is -0.402. The number of benzene rings is 1. The molecule has 1 aromatic heterocycles. The van der Waals surface area contributed by atoms with Crippen LogP contribution in [0.15, 0.2) is 40.5 Å². The van der Waals surface area contributed by atoms with Crippen LogP contribution in [-0.2, 0) is 35.5 Å². The van der Waals surface area contributed by atoms with Crippen LogP contribution in [0.25, 0.3) is 0 Å². The van der Waals surface area contributed by atoms with Crippen molar-refractivity contribution in [2.75, 3.05) is 32.1 Å². The van der Waals surface area contributed by atoms with Crippen LogP contribution >= 0.6 is 11.3 Å². The van der Waals surface area contributed by atoms with E-state index in [0.717, 1.165) is 30.8 Å². The lowest BCUT2D eigenvalue weighted by Crippen LogP contribution is -2.52. The fourth-order valence-electron chi connectivity index (χ4n) is 5.40. The van der Waals surface area contributed by atoms with Gasteiger partial charge in [-0.1, -0.05) is 17.3 Å². The van der Waals surface area contributed by atoms with Crippen LogP contribution in [0.4, 0.5) is 5.13 Å². The third-order valence-electron chi connectivity index (χ3n) is 7.87. The zero-order chi connectivity index (χ0) is 29.1. The Balaban J connectivity index is 1.28. The van der Waals surface area contributed by atoms with Crippen molar-refractivity contribution >= 4 is 43.8 Å². The number of ether oxygens (including phenoxy) is 1. The highest BCUT2D eigenvalue weighted by Crippen LogP contribution is 2.33. The normalized spacial score (nSPS) is 23.9. The molecule has 5 rings (SSSR count). The molecule has 3 aliphatic rings. The Morgan fingerprint density at radius 2 is 1.85 bits per heavy atom. The zero-order valence-corrected chi connectivity index (χ0v) is 25.2. The highest BCUT2D eigenvalue weighted by Gasteiger charge is 2.37. The minimum atomic E-state index is -3.35. The first kappa shape index (κ1) is 29.6. The van der Waals surface area contributed by atoms with Gasteiger partial charge in [-0.2, -0.15) is 0 Å². The summed E-state index contributed by atoms with van der Waals surface area (Å²) in [6, 6.07) is 6.38. The molecule has 0 unspecified atom stereocenters. The van der Waals surface area contributed by atoms with E-state index in [1.807, 2.05) is 11.8 Å². The van der Waals surface area contributed by atoms with Crippen molar-refractivity contribution in [3.8, 4) is 0 Å². The van der Waals surface area contributed by atoms with Gasteiger partial charge in [-0.3, -0.25) is 19.8 Å². The van der Waals surface area contributed by atoms with Crippen LogP contribution in [0.5, 0.6) is 0 Å². The molecule has 13 heteroatoms. The third kappa shape index (κ3) is 7.14. The van der Waals surface area contributed by atoms with Crippen molar-refractivity contribution in [2.45, 2.75) is 80.9 Å². The molecule has 2 amide bonds. The van der Waals surface area contributed by atoms with E-state index >= 15 is 0 Å². The summed E-state index contributed by atoms with van der Waals surface area (Å²) in [5, 5.41) is 7.20. The highest BCUT2D eigenvalue weighted by molar-refractivity contribution is 7.92. The van der Waals surface area contributed by atoms with E-state index in [4.69, 9.17) is 9.57 Å². The summed E-state index contributed by atoms with van der Waals surface area (Å²) < 4.78 is 30.7. The molecule has 1 saturated heterocycles. The average Bonchev–Trinajstić information content (AvgIpc) is 3.57. The molecular weight excluding hydrogens is 566 g/mol. The van der Waals surface area contributed by atoms with Gasteiger partial charge in [0.25, 0.3) is 5.91 Å². The molecule has 0 radical (unpaired) electrons. The van der Waals surface area contributed by atoms with Gasteiger partial charge in [0, 0.05) is 69.3 Å². The molecule has 222 valence electrons. The molecule has 2 heterocycles. The molecule has 0 spiro atoms. The molecule has 11 nitrogen and oxygen atoms in total. The number of rotatable bonds is 10. The predicted molar refractivity (Wildman–Crippen MR) is 156 cm³/mol. The summed E-state index contributed by atoms with van der Waals surface area (Å²) >= 11 is 1.38. The predicted octanol–water partition coefficient (Wildman–Crippen LogP) is 3.06. The maximum Gasteiger partial charge on any atom is 0.280 e. The molecule has 1 aliphatic heterocycles. The van der Waals surface area contributed by atoms with Gasteiger partial charge >= 0.3 is 0 Å².